The molecule has 0 radical (unpaired) electrons. The molecule has 0 saturated heterocycles. The normalized spacial score (nSPS) is 10.4. The van der Waals surface area contributed by atoms with Crippen molar-refractivity contribution in [1.29, 1.82) is 0 Å². The Morgan fingerprint density at radius 2 is 1.68 bits per heavy atom. The summed E-state index contributed by atoms with van der Waals surface area (Å²) in [6.07, 6.45) is 0. The minimum atomic E-state index is 0.0598. The van der Waals surface area contributed by atoms with Crippen LogP contribution in [-0.4, -0.2) is 11.5 Å². The molecule has 0 aliphatic rings. The average Bonchev–Trinajstić information content (AvgIpc) is 2.41. The lowest BCUT2D eigenvalue weighted by atomic mass is 10.1. The van der Waals surface area contributed by atoms with Crippen molar-refractivity contribution in [3.8, 4) is 0 Å². The Morgan fingerprint density at radius 3 is 2.37 bits per heavy atom. The van der Waals surface area contributed by atoms with E-state index in [9.17, 15) is 4.79 Å². The van der Waals surface area contributed by atoms with E-state index in [1.165, 1.54) is 0 Å². The third kappa shape index (κ3) is 4.27. The molecule has 1 nitrogen and oxygen atoms in total. The van der Waals surface area contributed by atoms with E-state index < -0.39 is 0 Å². The van der Waals surface area contributed by atoms with Crippen molar-refractivity contribution < 1.29 is 4.79 Å². The zero-order chi connectivity index (χ0) is 13.7. The van der Waals surface area contributed by atoms with Gasteiger partial charge in [-0.15, -0.1) is 11.8 Å². The van der Waals surface area contributed by atoms with E-state index in [1.807, 2.05) is 36.4 Å². The van der Waals surface area contributed by atoms with Gasteiger partial charge in [-0.05, 0) is 29.8 Å². The van der Waals surface area contributed by atoms with Crippen LogP contribution in [0.4, 0.5) is 0 Å². The van der Waals surface area contributed by atoms with Gasteiger partial charge in [0.05, 0.1) is 10.8 Å². The Kier molecular flexibility index (Phi) is 5.32. The van der Waals surface area contributed by atoms with E-state index in [4.69, 9.17) is 23.2 Å². The molecule has 0 spiro atoms. The molecule has 0 amide bonds. The van der Waals surface area contributed by atoms with Crippen LogP contribution in [0.15, 0.2) is 48.5 Å². The van der Waals surface area contributed by atoms with Gasteiger partial charge in [-0.25, -0.2) is 0 Å². The van der Waals surface area contributed by atoms with Crippen LogP contribution < -0.4 is 0 Å². The van der Waals surface area contributed by atoms with Crippen LogP contribution in [0.1, 0.15) is 15.9 Å². The van der Waals surface area contributed by atoms with Gasteiger partial charge in [0.1, 0.15) is 0 Å². The molecule has 4 heteroatoms. The van der Waals surface area contributed by atoms with Crippen molar-refractivity contribution in [2.75, 3.05) is 5.75 Å². The molecule has 0 atom stereocenters. The van der Waals surface area contributed by atoms with E-state index in [2.05, 4.69) is 0 Å². The molecule has 0 aliphatic carbocycles. The summed E-state index contributed by atoms with van der Waals surface area (Å²) in [6, 6.07) is 14.8. The Hall–Kier alpha value is -0.960. The summed E-state index contributed by atoms with van der Waals surface area (Å²) in [7, 11) is 0. The summed E-state index contributed by atoms with van der Waals surface area (Å²) in [4.78, 5) is 12.0. The number of Topliss-reactive ketones (excluding diaryl/α,β-unsaturated/α-hetero) is 1. The van der Waals surface area contributed by atoms with Gasteiger partial charge in [0, 0.05) is 16.3 Å². The third-order valence-corrected chi connectivity index (χ3v) is 4.17. The number of benzene rings is 2. The molecule has 0 fully saturated rings. The second-order valence-electron chi connectivity index (χ2n) is 4.02. The van der Waals surface area contributed by atoms with Gasteiger partial charge in [-0.2, -0.15) is 0 Å². The topological polar surface area (TPSA) is 17.1 Å². The van der Waals surface area contributed by atoms with E-state index in [1.54, 1.807) is 23.9 Å². The summed E-state index contributed by atoms with van der Waals surface area (Å²) in [5.41, 5.74) is 1.74. The molecule has 0 aliphatic heterocycles. The fraction of sp³-hybridized carbons (Fsp3) is 0.133. The fourth-order valence-corrected chi connectivity index (χ4v) is 2.85. The highest BCUT2D eigenvalue weighted by atomic mass is 35.5. The molecule has 0 aromatic heterocycles. The van der Waals surface area contributed by atoms with E-state index in [-0.39, 0.29) is 5.78 Å². The maximum Gasteiger partial charge on any atom is 0.174 e. The number of carbonyl (C=O) groups is 1. The average molecular weight is 311 g/mol. The molecule has 0 N–H and O–H groups in total. The molecule has 98 valence electrons. The van der Waals surface area contributed by atoms with Gasteiger partial charge in [-0.1, -0.05) is 47.5 Å². The number of thioether (sulfide) groups is 1. The highest BCUT2D eigenvalue weighted by molar-refractivity contribution is 7.99. The summed E-state index contributed by atoms with van der Waals surface area (Å²) in [5.74, 6) is 1.27. The minimum Gasteiger partial charge on any atom is -0.293 e. The van der Waals surface area contributed by atoms with Crippen LogP contribution in [0.5, 0.6) is 0 Å². The fourth-order valence-electron chi connectivity index (χ4n) is 1.61. The van der Waals surface area contributed by atoms with Gasteiger partial charge < -0.3 is 0 Å². The first kappa shape index (κ1) is 14.4. The lowest BCUT2D eigenvalue weighted by Crippen LogP contribution is -2.03. The van der Waals surface area contributed by atoms with Crippen LogP contribution in [0.2, 0.25) is 10.0 Å². The quantitative estimate of drug-likeness (QED) is 0.714. The first-order valence-electron chi connectivity index (χ1n) is 5.77. The Morgan fingerprint density at radius 1 is 1.00 bits per heavy atom. The van der Waals surface area contributed by atoms with Crippen molar-refractivity contribution >= 4 is 40.7 Å². The molecule has 2 rings (SSSR count). The van der Waals surface area contributed by atoms with Crippen molar-refractivity contribution in [2.45, 2.75) is 5.75 Å². The first-order chi connectivity index (χ1) is 9.16. The number of hydrogen-bond acceptors (Lipinski definition) is 2. The Bertz CT molecular complexity index is 567. The summed E-state index contributed by atoms with van der Waals surface area (Å²) in [6.45, 7) is 0. The standard InChI is InChI=1S/C15H12Cl2OS/c16-12-7-5-11(6-8-12)9-19-10-15(18)13-3-1-2-4-14(13)17/h1-8H,9-10H2. The highest BCUT2D eigenvalue weighted by Crippen LogP contribution is 2.20. The predicted octanol–water partition coefficient (Wildman–Crippen LogP) is 5.11. The smallest absolute Gasteiger partial charge is 0.174 e. The van der Waals surface area contributed by atoms with Crippen LogP contribution in [0.25, 0.3) is 0 Å². The molecule has 2 aromatic carbocycles. The van der Waals surface area contributed by atoms with Crippen LogP contribution >= 0.6 is 35.0 Å². The van der Waals surface area contributed by atoms with Crippen molar-refractivity contribution in [1.82, 2.24) is 0 Å². The Labute approximate surface area is 126 Å². The molecule has 0 bridgehead atoms. The SMILES string of the molecule is O=C(CSCc1ccc(Cl)cc1)c1ccccc1Cl. The van der Waals surface area contributed by atoms with Crippen LogP contribution in [-0.2, 0) is 5.75 Å². The van der Waals surface area contributed by atoms with Crippen molar-refractivity contribution in [2.24, 2.45) is 0 Å². The van der Waals surface area contributed by atoms with Crippen LogP contribution in [0, 0.1) is 0 Å². The zero-order valence-electron chi connectivity index (χ0n) is 10.1. The molecule has 19 heavy (non-hydrogen) atoms. The predicted molar refractivity (Wildman–Crippen MR) is 83.4 cm³/mol. The van der Waals surface area contributed by atoms with E-state index in [0.717, 1.165) is 16.3 Å². The number of hydrogen-bond donors (Lipinski definition) is 0. The Balaban J connectivity index is 1.88. The minimum absolute atomic E-state index is 0.0598. The van der Waals surface area contributed by atoms with Gasteiger partial charge in [-0.3, -0.25) is 4.79 Å². The first-order valence-corrected chi connectivity index (χ1v) is 7.68. The highest BCUT2D eigenvalue weighted by Gasteiger charge is 2.09. The van der Waals surface area contributed by atoms with Gasteiger partial charge >= 0.3 is 0 Å². The third-order valence-electron chi connectivity index (χ3n) is 2.59. The van der Waals surface area contributed by atoms with Crippen LogP contribution in [0.3, 0.4) is 0 Å². The summed E-state index contributed by atoms with van der Waals surface area (Å²) in [5, 5.41) is 1.24. The molecule has 2 aromatic rings. The molecular weight excluding hydrogens is 299 g/mol. The van der Waals surface area contributed by atoms with E-state index >= 15 is 0 Å². The number of carbonyl (C=O) groups excluding carboxylic acids is 1. The van der Waals surface area contributed by atoms with Crippen molar-refractivity contribution in [3.05, 3.63) is 69.7 Å². The molecule has 0 saturated carbocycles. The lowest BCUT2D eigenvalue weighted by molar-refractivity contribution is 0.102. The summed E-state index contributed by atoms with van der Waals surface area (Å²) >= 11 is 13.4. The van der Waals surface area contributed by atoms with Gasteiger partial charge in [0.2, 0.25) is 0 Å². The summed E-state index contributed by atoms with van der Waals surface area (Å²) < 4.78 is 0. The number of ketones is 1. The second-order valence-corrected chi connectivity index (χ2v) is 5.85. The molecule has 0 unspecified atom stereocenters. The lowest BCUT2D eigenvalue weighted by Gasteiger charge is -2.04. The monoisotopic (exact) mass is 310 g/mol. The number of halogens is 2. The second kappa shape index (κ2) is 6.99. The van der Waals surface area contributed by atoms with Gasteiger partial charge in [0.15, 0.2) is 5.78 Å². The van der Waals surface area contributed by atoms with E-state index in [0.29, 0.717) is 16.3 Å². The maximum absolute atomic E-state index is 12.0. The van der Waals surface area contributed by atoms with Gasteiger partial charge in [0.25, 0.3) is 0 Å². The zero-order valence-corrected chi connectivity index (χ0v) is 12.4. The molecule has 0 heterocycles. The maximum atomic E-state index is 12.0. The largest absolute Gasteiger partial charge is 0.293 e. The van der Waals surface area contributed by atoms with Crippen molar-refractivity contribution in [3.63, 3.8) is 0 Å². The molecular formula is C15H12Cl2OS. The number of rotatable bonds is 5.